The molecule has 3 saturated carbocycles. The van der Waals surface area contributed by atoms with E-state index >= 15 is 0 Å². The number of rotatable bonds is 11. The molecule has 0 heterocycles. The first-order valence-electron chi connectivity index (χ1n) is 17.4. The Balaban J connectivity index is 1.80. The highest BCUT2D eigenvalue weighted by Gasteiger charge is 2.47. The van der Waals surface area contributed by atoms with E-state index in [-0.39, 0.29) is 36.1 Å². The Hall–Kier alpha value is -1.63. The molecule has 0 aliphatic heterocycles. The summed E-state index contributed by atoms with van der Waals surface area (Å²) in [5, 5.41) is 11.9. The summed E-state index contributed by atoms with van der Waals surface area (Å²) in [4.78, 5) is 40.7. The maximum atomic E-state index is 13.8. The van der Waals surface area contributed by atoms with Crippen LogP contribution in [0.25, 0.3) is 0 Å². The SMILES string of the molecule is CC(C)[C@@H]1CC[C@@H](C)C[C@H]1OC(=O)CC(O)(CC(=O)O[C@@H]1C[C@H](C)CC[C@H]1C(C)C)C(=O)O[C@@H]1C[C@H](C)CC[C@H]1C(C)C. The van der Waals surface area contributed by atoms with E-state index in [0.717, 1.165) is 51.4 Å². The van der Waals surface area contributed by atoms with Crippen LogP contribution in [0.15, 0.2) is 0 Å². The molecule has 0 spiro atoms. The smallest absolute Gasteiger partial charge is 0.339 e. The molecule has 3 fully saturated rings. The molecule has 3 aliphatic carbocycles. The van der Waals surface area contributed by atoms with E-state index in [1.54, 1.807) is 0 Å². The fourth-order valence-electron chi connectivity index (χ4n) is 8.10. The molecule has 0 radical (unpaired) electrons. The van der Waals surface area contributed by atoms with Crippen molar-refractivity contribution < 1.29 is 33.7 Å². The number of aliphatic hydroxyl groups is 1. The Morgan fingerprint density at radius 1 is 0.581 bits per heavy atom. The maximum absolute atomic E-state index is 13.8. The van der Waals surface area contributed by atoms with E-state index in [2.05, 4.69) is 62.3 Å². The molecule has 0 aromatic heterocycles. The van der Waals surface area contributed by atoms with Crippen LogP contribution in [0, 0.1) is 53.3 Å². The second-order valence-electron chi connectivity index (χ2n) is 15.9. The average molecular weight is 607 g/mol. The van der Waals surface area contributed by atoms with Gasteiger partial charge in [0, 0.05) is 0 Å². The van der Waals surface area contributed by atoms with Crippen LogP contribution in [0.2, 0.25) is 0 Å². The summed E-state index contributed by atoms with van der Waals surface area (Å²) in [6, 6.07) is 0. The number of carbonyl (C=O) groups is 3. The van der Waals surface area contributed by atoms with E-state index in [4.69, 9.17) is 14.2 Å². The molecule has 248 valence electrons. The molecular formula is C36H62O7. The van der Waals surface area contributed by atoms with Gasteiger partial charge in [-0.3, -0.25) is 9.59 Å². The van der Waals surface area contributed by atoms with Crippen molar-refractivity contribution in [1.82, 2.24) is 0 Å². The van der Waals surface area contributed by atoms with Crippen molar-refractivity contribution in [3.63, 3.8) is 0 Å². The molecule has 43 heavy (non-hydrogen) atoms. The predicted molar refractivity (Wildman–Crippen MR) is 168 cm³/mol. The minimum Gasteiger partial charge on any atom is -0.462 e. The van der Waals surface area contributed by atoms with Crippen LogP contribution in [0.1, 0.15) is 133 Å². The molecule has 3 rings (SSSR count). The van der Waals surface area contributed by atoms with Crippen LogP contribution >= 0.6 is 0 Å². The lowest BCUT2D eigenvalue weighted by atomic mass is 9.75. The summed E-state index contributed by atoms with van der Waals surface area (Å²) in [5.74, 6) is 0.601. The molecule has 7 nitrogen and oxygen atoms in total. The molecule has 9 atom stereocenters. The van der Waals surface area contributed by atoms with E-state index in [9.17, 15) is 19.5 Å². The minimum atomic E-state index is -2.35. The third-order valence-electron chi connectivity index (χ3n) is 11.0. The Morgan fingerprint density at radius 2 is 0.884 bits per heavy atom. The van der Waals surface area contributed by atoms with Gasteiger partial charge in [0.2, 0.25) is 0 Å². The Bertz CT molecular complexity index is 879. The molecule has 7 heteroatoms. The summed E-state index contributed by atoms with van der Waals surface area (Å²) in [5.41, 5.74) is -2.35. The van der Waals surface area contributed by atoms with Gasteiger partial charge in [0.05, 0.1) is 12.8 Å². The van der Waals surface area contributed by atoms with Gasteiger partial charge in [-0.25, -0.2) is 4.79 Å². The second kappa shape index (κ2) is 15.6. The Labute approximate surface area is 261 Å². The highest BCUT2D eigenvalue weighted by Crippen LogP contribution is 2.39. The standard InChI is InChI=1S/C36H62O7/c1-21(2)27-13-10-24(7)16-30(27)41-33(37)19-36(40,35(39)43-32-18-26(9)12-15-29(32)23(5)6)20-34(38)42-31-17-25(8)11-14-28(31)22(3)4/h21-32,40H,10-20H2,1-9H3/t24-,25-,26-,27+,28+,29+,30-,31-,32-/m1/s1. The second-order valence-corrected chi connectivity index (χ2v) is 15.9. The van der Waals surface area contributed by atoms with Gasteiger partial charge in [0.1, 0.15) is 18.3 Å². The number of hydrogen-bond acceptors (Lipinski definition) is 7. The number of hydrogen-bond donors (Lipinski definition) is 1. The van der Waals surface area contributed by atoms with E-state index in [0.29, 0.717) is 41.9 Å². The van der Waals surface area contributed by atoms with Gasteiger partial charge in [-0.2, -0.15) is 0 Å². The van der Waals surface area contributed by atoms with Gasteiger partial charge in [-0.15, -0.1) is 0 Å². The lowest BCUT2D eigenvalue weighted by molar-refractivity contribution is -0.190. The van der Waals surface area contributed by atoms with Gasteiger partial charge >= 0.3 is 17.9 Å². The van der Waals surface area contributed by atoms with Crippen LogP contribution in [-0.2, 0) is 28.6 Å². The van der Waals surface area contributed by atoms with Crippen molar-refractivity contribution in [2.45, 2.75) is 157 Å². The lowest BCUT2D eigenvalue weighted by Crippen LogP contribution is -2.49. The number of ether oxygens (including phenoxy) is 3. The van der Waals surface area contributed by atoms with E-state index in [1.165, 1.54) is 0 Å². The average Bonchev–Trinajstić information content (AvgIpc) is 2.87. The largest absolute Gasteiger partial charge is 0.462 e. The van der Waals surface area contributed by atoms with Crippen LogP contribution in [0.3, 0.4) is 0 Å². The molecule has 0 amide bonds. The number of carbonyl (C=O) groups excluding carboxylic acids is 3. The normalized spacial score (nSPS) is 33.8. The highest BCUT2D eigenvalue weighted by molar-refractivity contribution is 5.90. The fraction of sp³-hybridized carbons (Fsp3) is 0.917. The topological polar surface area (TPSA) is 99.1 Å². The van der Waals surface area contributed by atoms with Gasteiger partial charge < -0.3 is 19.3 Å². The molecule has 0 unspecified atom stereocenters. The van der Waals surface area contributed by atoms with Crippen LogP contribution in [0.4, 0.5) is 0 Å². The Morgan fingerprint density at radius 3 is 1.19 bits per heavy atom. The van der Waals surface area contributed by atoms with E-state index in [1.807, 2.05) is 0 Å². The molecule has 3 aliphatic rings. The highest BCUT2D eigenvalue weighted by atomic mass is 16.6. The van der Waals surface area contributed by atoms with Crippen molar-refractivity contribution in [2.24, 2.45) is 53.3 Å². The molecular weight excluding hydrogens is 544 g/mol. The predicted octanol–water partition coefficient (Wildman–Crippen LogP) is 7.51. The summed E-state index contributed by atoms with van der Waals surface area (Å²) < 4.78 is 18.0. The first-order chi connectivity index (χ1) is 20.1. The molecule has 0 aromatic carbocycles. The molecule has 0 saturated heterocycles. The summed E-state index contributed by atoms with van der Waals surface area (Å²) in [6.45, 7) is 19.3. The maximum Gasteiger partial charge on any atom is 0.339 e. The number of esters is 3. The Kier molecular flexibility index (Phi) is 13.0. The first kappa shape index (κ1) is 35.8. The third-order valence-corrected chi connectivity index (χ3v) is 11.0. The fourth-order valence-corrected chi connectivity index (χ4v) is 8.10. The van der Waals surface area contributed by atoms with Gasteiger partial charge in [0.15, 0.2) is 5.60 Å². The summed E-state index contributed by atoms with van der Waals surface area (Å²) in [7, 11) is 0. The monoisotopic (exact) mass is 606 g/mol. The van der Waals surface area contributed by atoms with Gasteiger partial charge in [-0.1, -0.05) is 81.6 Å². The van der Waals surface area contributed by atoms with Gasteiger partial charge in [0.25, 0.3) is 0 Å². The van der Waals surface area contributed by atoms with Crippen molar-refractivity contribution in [2.75, 3.05) is 0 Å². The summed E-state index contributed by atoms with van der Waals surface area (Å²) in [6.07, 6.45) is 6.17. The summed E-state index contributed by atoms with van der Waals surface area (Å²) >= 11 is 0. The van der Waals surface area contributed by atoms with Crippen molar-refractivity contribution >= 4 is 17.9 Å². The van der Waals surface area contributed by atoms with Crippen LogP contribution in [-0.4, -0.2) is 46.9 Å². The quantitative estimate of drug-likeness (QED) is 0.192. The molecule has 0 bridgehead atoms. The van der Waals surface area contributed by atoms with Crippen molar-refractivity contribution in [3.8, 4) is 0 Å². The molecule has 0 aromatic rings. The van der Waals surface area contributed by atoms with Gasteiger partial charge in [-0.05, 0) is 91.8 Å². The first-order valence-corrected chi connectivity index (χ1v) is 17.4. The van der Waals surface area contributed by atoms with Crippen molar-refractivity contribution in [3.05, 3.63) is 0 Å². The third kappa shape index (κ3) is 9.93. The minimum absolute atomic E-state index is 0.161. The zero-order valence-electron chi connectivity index (χ0n) is 28.6. The van der Waals surface area contributed by atoms with E-state index < -0.39 is 36.4 Å². The lowest BCUT2D eigenvalue weighted by Gasteiger charge is -2.39. The van der Waals surface area contributed by atoms with Crippen molar-refractivity contribution in [1.29, 1.82) is 0 Å². The zero-order chi connectivity index (χ0) is 32.1. The molecule has 1 N–H and O–H groups in total. The zero-order valence-corrected chi connectivity index (χ0v) is 28.6. The van der Waals surface area contributed by atoms with Crippen LogP contribution < -0.4 is 0 Å². The van der Waals surface area contributed by atoms with Crippen LogP contribution in [0.5, 0.6) is 0 Å².